The summed E-state index contributed by atoms with van der Waals surface area (Å²) in [5.41, 5.74) is 3.66. The van der Waals surface area contributed by atoms with Gasteiger partial charge in [0.2, 0.25) is 5.91 Å². The first-order valence-electron chi connectivity index (χ1n) is 8.31. The quantitative estimate of drug-likeness (QED) is 0.621. The Morgan fingerprint density at radius 2 is 1.79 bits per heavy atom. The smallest absolute Gasteiger partial charge is 0.266 e. The molecule has 1 heterocycles. The van der Waals surface area contributed by atoms with Gasteiger partial charge in [0.15, 0.2) is 11.5 Å². The first kappa shape index (κ1) is 19.6. The molecular weight excluding hydrogens is 386 g/mol. The Hall–Kier alpha value is -3.11. The van der Waals surface area contributed by atoms with Crippen molar-refractivity contribution in [2.24, 2.45) is 0 Å². The second-order valence-corrected chi connectivity index (χ2v) is 7.68. The molecule has 148 valence electrons. The average molecular weight is 405 g/mol. The Labute approximate surface area is 162 Å². The van der Waals surface area contributed by atoms with E-state index >= 15 is 0 Å². The van der Waals surface area contributed by atoms with Gasteiger partial charge >= 0.3 is 0 Å². The summed E-state index contributed by atoms with van der Waals surface area (Å²) in [6, 6.07) is 8.81. The fraction of sp³-hybridized carbons (Fsp3) is 0.222. The van der Waals surface area contributed by atoms with Crippen LogP contribution in [0.1, 0.15) is 22.3 Å². The Bertz CT molecular complexity index is 1040. The summed E-state index contributed by atoms with van der Waals surface area (Å²) in [5, 5.41) is 2.68. The molecule has 0 aliphatic carbocycles. The molecule has 0 saturated carbocycles. The SMILES string of the molecule is COc1ccc(C(=O)NNS(=O)(=O)c2ccc3c(c2)CCC(=O)N3)cc1OC. The fourth-order valence-corrected chi connectivity index (χ4v) is 3.64. The molecule has 0 saturated heterocycles. The van der Waals surface area contributed by atoms with Crippen LogP contribution >= 0.6 is 0 Å². The minimum Gasteiger partial charge on any atom is -0.493 e. The zero-order valence-electron chi connectivity index (χ0n) is 15.2. The largest absolute Gasteiger partial charge is 0.493 e. The van der Waals surface area contributed by atoms with E-state index in [4.69, 9.17) is 9.47 Å². The number of hydrazine groups is 1. The van der Waals surface area contributed by atoms with Gasteiger partial charge in [-0.05, 0) is 48.4 Å². The lowest BCUT2D eigenvalue weighted by Gasteiger charge is -2.17. The van der Waals surface area contributed by atoms with Crippen LogP contribution in [0.25, 0.3) is 0 Å². The molecule has 0 fully saturated rings. The third-order valence-corrected chi connectivity index (χ3v) is 5.47. The van der Waals surface area contributed by atoms with Crippen LogP contribution in [0.15, 0.2) is 41.3 Å². The second-order valence-electron chi connectivity index (χ2n) is 6.00. The van der Waals surface area contributed by atoms with Crippen molar-refractivity contribution in [3.63, 3.8) is 0 Å². The van der Waals surface area contributed by atoms with Gasteiger partial charge in [0.05, 0.1) is 19.1 Å². The number of benzene rings is 2. The van der Waals surface area contributed by atoms with Crippen LogP contribution in [0.5, 0.6) is 11.5 Å². The molecule has 0 atom stereocenters. The summed E-state index contributed by atoms with van der Waals surface area (Å²) in [7, 11) is -1.09. The third-order valence-electron chi connectivity index (χ3n) is 4.23. The molecule has 0 bridgehead atoms. The van der Waals surface area contributed by atoms with Crippen molar-refractivity contribution in [3.8, 4) is 11.5 Å². The van der Waals surface area contributed by atoms with Gasteiger partial charge in [0.25, 0.3) is 15.9 Å². The molecule has 10 heteroatoms. The van der Waals surface area contributed by atoms with E-state index in [2.05, 4.69) is 15.6 Å². The van der Waals surface area contributed by atoms with Gasteiger partial charge in [-0.2, -0.15) is 0 Å². The van der Waals surface area contributed by atoms with Crippen molar-refractivity contribution in [3.05, 3.63) is 47.5 Å². The summed E-state index contributed by atoms with van der Waals surface area (Å²) in [6.45, 7) is 0. The van der Waals surface area contributed by atoms with Crippen LogP contribution in [0.4, 0.5) is 5.69 Å². The minimum absolute atomic E-state index is 0.0185. The number of fused-ring (bicyclic) bond motifs is 1. The first-order chi connectivity index (χ1) is 13.3. The van der Waals surface area contributed by atoms with Gasteiger partial charge in [-0.15, -0.1) is 4.83 Å². The molecule has 9 nitrogen and oxygen atoms in total. The number of hydrogen-bond acceptors (Lipinski definition) is 6. The van der Waals surface area contributed by atoms with Gasteiger partial charge in [0, 0.05) is 17.7 Å². The van der Waals surface area contributed by atoms with E-state index in [1.165, 1.54) is 44.6 Å². The Morgan fingerprint density at radius 1 is 1.04 bits per heavy atom. The van der Waals surface area contributed by atoms with E-state index in [9.17, 15) is 18.0 Å². The van der Waals surface area contributed by atoms with Crippen molar-refractivity contribution in [2.45, 2.75) is 17.7 Å². The van der Waals surface area contributed by atoms with E-state index in [1.807, 2.05) is 0 Å². The number of rotatable bonds is 6. The maximum atomic E-state index is 12.5. The first-order valence-corrected chi connectivity index (χ1v) is 9.79. The van der Waals surface area contributed by atoms with E-state index < -0.39 is 15.9 Å². The van der Waals surface area contributed by atoms with Crippen LogP contribution < -0.4 is 25.0 Å². The Morgan fingerprint density at radius 3 is 2.50 bits per heavy atom. The Kier molecular flexibility index (Phi) is 5.52. The lowest BCUT2D eigenvalue weighted by atomic mass is 10.0. The number of amides is 2. The predicted octanol–water partition coefficient (Wildman–Crippen LogP) is 1.21. The maximum absolute atomic E-state index is 12.5. The van der Waals surface area contributed by atoms with Gasteiger partial charge in [0.1, 0.15) is 0 Å². The molecule has 0 unspecified atom stereocenters. The molecule has 3 N–H and O–H groups in total. The molecule has 2 aromatic rings. The van der Waals surface area contributed by atoms with Crippen LogP contribution in [0.3, 0.4) is 0 Å². The summed E-state index contributed by atoms with van der Waals surface area (Å²) in [6.07, 6.45) is 0.739. The van der Waals surface area contributed by atoms with Crippen molar-refractivity contribution in [1.29, 1.82) is 0 Å². The fourth-order valence-electron chi connectivity index (χ4n) is 2.75. The molecule has 2 amide bonds. The normalized spacial score (nSPS) is 13.3. The monoisotopic (exact) mass is 405 g/mol. The minimum atomic E-state index is -3.99. The van der Waals surface area contributed by atoms with Crippen molar-refractivity contribution in [2.75, 3.05) is 19.5 Å². The van der Waals surface area contributed by atoms with E-state index in [0.29, 0.717) is 35.6 Å². The van der Waals surface area contributed by atoms with Gasteiger partial charge < -0.3 is 14.8 Å². The number of sulfonamides is 1. The second kappa shape index (κ2) is 7.87. The summed E-state index contributed by atoms with van der Waals surface area (Å²) in [5.74, 6) is 0.0219. The van der Waals surface area contributed by atoms with Crippen molar-refractivity contribution in [1.82, 2.24) is 10.3 Å². The molecule has 0 aromatic heterocycles. The average Bonchev–Trinajstić information content (AvgIpc) is 2.71. The predicted molar refractivity (Wildman–Crippen MR) is 101 cm³/mol. The molecule has 1 aliphatic heterocycles. The van der Waals surface area contributed by atoms with Crippen LogP contribution in [-0.2, 0) is 21.2 Å². The maximum Gasteiger partial charge on any atom is 0.266 e. The highest BCUT2D eigenvalue weighted by molar-refractivity contribution is 7.89. The lowest BCUT2D eigenvalue weighted by molar-refractivity contribution is -0.116. The van der Waals surface area contributed by atoms with E-state index in [1.54, 1.807) is 6.07 Å². The summed E-state index contributed by atoms with van der Waals surface area (Å²) < 4.78 is 35.2. The Balaban J connectivity index is 1.73. The highest BCUT2D eigenvalue weighted by Crippen LogP contribution is 2.28. The zero-order valence-corrected chi connectivity index (χ0v) is 16.1. The standard InChI is InChI=1S/C18H19N3O6S/c1-26-15-7-3-12(10-16(15)27-2)18(23)20-21-28(24,25)13-5-6-14-11(9-13)4-8-17(22)19-14/h3,5-7,9-10,21H,4,8H2,1-2H3,(H,19,22)(H,20,23). The van der Waals surface area contributed by atoms with Crippen molar-refractivity contribution < 1.29 is 27.5 Å². The number of anilines is 1. The molecule has 0 radical (unpaired) electrons. The zero-order chi connectivity index (χ0) is 20.3. The number of hydrogen-bond donors (Lipinski definition) is 3. The number of aryl methyl sites for hydroxylation is 1. The van der Waals surface area contributed by atoms with Gasteiger partial charge in [-0.3, -0.25) is 15.0 Å². The number of carbonyl (C=O) groups is 2. The van der Waals surface area contributed by atoms with Gasteiger partial charge in [-0.1, -0.05) is 0 Å². The van der Waals surface area contributed by atoms with Crippen molar-refractivity contribution >= 4 is 27.5 Å². The topological polar surface area (TPSA) is 123 Å². The highest BCUT2D eigenvalue weighted by Gasteiger charge is 2.21. The molecule has 2 aromatic carbocycles. The van der Waals surface area contributed by atoms with Crippen LogP contribution in [-0.4, -0.2) is 34.5 Å². The number of nitrogens with one attached hydrogen (secondary N) is 3. The van der Waals surface area contributed by atoms with E-state index in [-0.39, 0.29) is 16.4 Å². The highest BCUT2D eigenvalue weighted by atomic mass is 32.2. The summed E-state index contributed by atoms with van der Waals surface area (Å²) >= 11 is 0. The molecule has 0 spiro atoms. The number of methoxy groups -OCH3 is 2. The molecular formula is C18H19N3O6S. The molecule has 3 rings (SSSR count). The van der Waals surface area contributed by atoms with Crippen LogP contribution in [0.2, 0.25) is 0 Å². The van der Waals surface area contributed by atoms with Gasteiger partial charge in [-0.25, -0.2) is 8.42 Å². The third kappa shape index (κ3) is 4.07. The molecule has 28 heavy (non-hydrogen) atoms. The molecule has 1 aliphatic rings. The summed E-state index contributed by atoms with van der Waals surface area (Å²) in [4.78, 5) is 25.7. The number of ether oxygens (including phenoxy) is 2. The van der Waals surface area contributed by atoms with E-state index in [0.717, 1.165) is 0 Å². The lowest BCUT2D eigenvalue weighted by Crippen LogP contribution is -2.41. The number of carbonyl (C=O) groups excluding carboxylic acids is 2. The van der Waals surface area contributed by atoms with Crippen LogP contribution in [0, 0.1) is 0 Å².